The monoisotopic (exact) mass is 227 g/mol. The summed E-state index contributed by atoms with van der Waals surface area (Å²) in [6.07, 6.45) is 4.84. The Bertz CT molecular complexity index is 634. The third kappa shape index (κ3) is 2.01. The number of aromatic amines is 1. The summed E-state index contributed by atoms with van der Waals surface area (Å²) in [7, 11) is 1.24. The molecule has 5 heteroatoms. The molecular formula is C12H9N3O2. The average Bonchev–Trinajstić information content (AvgIpc) is 2.78. The molecule has 0 bridgehead atoms. The predicted molar refractivity (Wildman–Crippen MR) is 61.7 cm³/mol. The van der Waals surface area contributed by atoms with E-state index in [0.717, 1.165) is 10.9 Å². The average molecular weight is 227 g/mol. The van der Waals surface area contributed by atoms with Gasteiger partial charge in [-0.3, -0.25) is 0 Å². The van der Waals surface area contributed by atoms with Gasteiger partial charge in [-0.05, 0) is 18.2 Å². The van der Waals surface area contributed by atoms with Gasteiger partial charge < -0.3 is 9.72 Å². The molecule has 0 saturated carbocycles. The molecule has 0 aliphatic heterocycles. The summed E-state index contributed by atoms with van der Waals surface area (Å²) >= 11 is 0. The normalized spacial score (nSPS) is 11.2. The minimum absolute atomic E-state index is 0.0442. The molecule has 1 N–H and O–H groups in total. The Labute approximate surface area is 97.3 Å². The molecule has 2 aromatic heterocycles. The number of methoxy groups -OCH3 is 1. The lowest BCUT2D eigenvalue weighted by atomic mass is 10.1. The van der Waals surface area contributed by atoms with Crippen molar-refractivity contribution >= 4 is 23.1 Å². The molecule has 2 rings (SSSR count). The molecule has 5 nitrogen and oxygen atoms in total. The molecule has 0 radical (unpaired) electrons. The zero-order valence-corrected chi connectivity index (χ0v) is 9.10. The van der Waals surface area contributed by atoms with Crippen molar-refractivity contribution in [2.75, 3.05) is 7.11 Å². The molecule has 0 saturated heterocycles. The summed E-state index contributed by atoms with van der Waals surface area (Å²) in [5, 5.41) is 9.70. The molecule has 0 amide bonds. The largest absolute Gasteiger partial charge is 0.465 e. The highest BCUT2D eigenvalue weighted by Crippen LogP contribution is 2.18. The summed E-state index contributed by atoms with van der Waals surface area (Å²) < 4.78 is 4.51. The fourth-order valence-corrected chi connectivity index (χ4v) is 1.50. The van der Waals surface area contributed by atoms with E-state index < -0.39 is 5.97 Å². The molecule has 0 unspecified atom stereocenters. The summed E-state index contributed by atoms with van der Waals surface area (Å²) in [5.74, 6) is -0.647. The Kier molecular flexibility index (Phi) is 2.88. The molecule has 84 valence electrons. The minimum atomic E-state index is -0.647. The number of nitrogens with zero attached hydrogens (tertiary/aromatic N) is 2. The van der Waals surface area contributed by atoms with Crippen LogP contribution in [0.2, 0.25) is 0 Å². The van der Waals surface area contributed by atoms with Gasteiger partial charge >= 0.3 is 5.97 Å². The molecule has 0 fully saturated rings. The van der Waals surface area contributed by atoms with Gasteiger partial charge in [0.05, 0.1) is 7.11 Å². The molecule has 0 atom stereocenters. The second-order valence-electron chi connectivity index (χ2n) is 3.30. The maximum absolute atomic E-state index is 11.3. The molecule has 0 aliphatic rings. The van der Waals surface area contributed by atoms with Crippen LogP contribution in [0.15, 0.2) is 30.1 Å². The Morgan fingerprint density at radius 2 is 2.47 bits per heavy atom. The van der Waals surface area contributed by atoms with E-state index in [9.17, 15) is 4.79 Å². The van der Waals surface area contributed by atoms with Crippen LogP contribution in [0, 0.1) is 11.3 Å². The number of hydrogen-bond acceptors (Lipinski definition) is 4. The highest BCUT2D eigenvalue weighted by molar-refractivity contribution is 6.00. The smallest absolute Gasteiger partial charge is 0.348 e. The van der Waals surface area contributed by atoms with Crippen molar-refractivity contribution < 1.29 is 9.53 Å². The Balaban J connectivity index is 2.51. The number of ether oxygens (including phenoxy) is 1. The molecule has 2 aromatic rings. The number of aromatic nitrogens is 2. The Morgan fingerprint density at radius 3 is 3.18 bits per heavy atom. The van der Waals surface area contributed by atoms with Gasteiger partial charge in [0.25, 0.3) is 0 Å². The van der Waals surface area contributed by atoms with E-state index in [1.54, 1.807) is 18.5 Å². The number of esters is 1. The van der Waals surface area contributed by atoms with Gasteiger partial charge in [-0.15, -0.1) is 0 Å². The number of carbonyl (C=O) groups is 1. The number of rotatable bonds is 2. The molecular weight excluding hydrogens is 218 g/mol. The maximum Gasteiger partial charge on any atom is 0.348 e. The lowest BCUT2D eigenvalue weighted by Gasteiger charge is -1.95. The number of pyridine rings is 1. The van der Waals surface area contributed by atoms with Gasteiger partial charge in [0.1, 0.15) is 17.3 Å². The highest BCUT2D eigenvalue weighted by Gasteiger charge is 2.10. The first-order chi connectivity index (χ1) is 8.26. The molecule has 0 aromatic carbocycles. The Hall–Kier alpha value is -2.61. The molecule has 0 aliphatic carbocycles. The van der Waals surface area contributed by atoms with E-state index in [1.807, 2.05) is 12.1 Å². The standard InChI is InChI=1S/C12H9N3O2/c1-17-12(16)8(6-13)5-9-7-15-11-10(9)3-2-4-14-11/h2-5,7H,1H3,(H,14,15)/b8-5-. The number of nitriles is 1. The van der Waals surface area contributed by atoms with Crippen LogP contribution in [0.5, 0.6) is 0 Å². The van der Waals surface area contributed by atoms with E-state index in [0.29, 0.717) is 5.65 Å². The van der Waals surface area contributed by atoms with E-state index in [-0.39, 0.29) is 5.57 Å². The third-order valence-electron chi connectivity index (χ3n) is 2.31. The second kappa shape index (κ2) is 4.49. The summed E-state index contributed by atoms with van der Waals surface area (Å²) in [4.78, 5) is 18.3. The first-order valence-electron chi connectivity index (χ1n) is 4.88. The molecule has 17 heavy (non-hydrogen) atoms. The number of carbonyl (C=O) groups excluding carboxylic acids is 1. The molecule has 0 spiro atoms. The van der Waals surface area contributed by atoms with Crippen LogP contribution in [0.1, 0.15) is 5.56 Å². The van der Waals surface area contributed by atoms with Crippen molar-refractivity contribution in [3.63, 3.8) is 0 Å². The van der Waals surface area contributed by atoms with Crippen molar-refractivity contribution in [2.45, 2.75) is 0 Å². The van der Waals surface area contributed by atoms with E-state index in [1.165, 1.54) is 13.2 Å². The topological polar surface area (TPSA) is 78.8 Å². The van der Waals surface area contributed by atoms with Crippen LogP contribution in [0.25, 0.3) is 17.1 Å². The van der Waals surface area contributed by atoms with E-state index in [4.69, 9.17) is 5.26 Å². The van der Waals surface area contributed by atoms with Crippen molar-refractivity contribution in [2.24, 2.45) is 0 Å². The van der Waals surface area contributed by atoms with Gasteiger partial charge in [-0.1, -0.05) is 0 Å². The zero-order valence-electron chi connectivity index (χ0n) is 9.10. The number of H-pyrrole nitrogens is 1. The zero-order chi connectivity index (χ0) is 12.3. The number of fused-ring (bicyclic) bond motifs is 1. The first kappa shape index (κ1) is 10.9. The fraction of sp³-hybridized carbons (Fsp3) is 0.0833. The van der Waals surface area contributed by atoms with Crippen LogP contribution in [-0.2, 0) is 9.53 Å². The van der Waals surface area contributed by atoms with E-state index >= 15 is 0 Å². The number of nitrogens with one attached hydrogen (secondary N) is 1. The summed E-state index contributed by atoms with van der Waals surface area (Å²) in [5.41, 5.74) is 1.40. The number of hydrogen-bond donors (Lipinski definition) is 1. The molecule has 2 heterocycles. The van der Waals surface area contributed by atoms with Crippen molar-refractivity contribution in [3.8, 4) is 6.07 Å². The van der Waals surface area contributed by atoms with Crippen LogP contribution < -0.4 is 0 Å². The van der Waals surface area contributed by atoms with Gasteiger partial charge in [-0.25, -0.2) is 9.78 Å². The van der Waals surface area contributed by atoms with Gasteiger partial charge in [0.2, 0.25) is 0 Å². The lowest BCUT2D eigenvalue weighted by Crippen LogP contribution is -2.02. The lowest BCUT2D eigenvalue weighted by molar-refractivity contribution is -0.135. The fourth-order valence-electron chi connectivity index (χ4n) is 1.50. The quantitative estimate of drug-likeness (QED) is 0.480. The summed E-state index contributed by atoms with van der Waals surface area (Å²) in [6.45, 7) is 0. The van der Waals surface area contributed by atoms with Gasteiger partial charge in [0.15, 0.2) is 0 Å². The van der Waals surface area contributed by atoms with Gasteiger partial charge in [0, 0.05) is 23.3 Å². The van der Waals surface area contributed by atoms with Crippen LogP contribution in [-0.4, -0.2) is 23.0 Å². The minimum Gasteiger partial charge on any atom is -0.465 e. The maximum atomic E-state index is 11.3. The first-order valence-corrected chi connectivity index (χ1v) is 4.88. The SMILES string of the molecule is COC(=O)/C(C#N)=C\c1c[nH]c2ncccc12. The highest BCUT2D eigenvalue weighted by atomic mass is 16.5. The van der Waals surface area contributed by atoms with Crippen LogP contribution >= 0.6 is 0 Å². The third-order valence-corrected chi connectivity index (χ3v) is 2.31. The van der Waals surface area contributed by atoms with Crippen molar-refractivity contribution in [3.05, 3.63) is 35.7 Å². The Morgan fingerprint density at radius 1 is 1.65 bits per heavy atom. The van der Waals surface area contributed by atoms with Crippen LogP contribution in [0.3, 0.4) is 0 Å². The predicted octanol–water partition coefficient (Wildman–Crippen LogP) is 1.64. The second-order valence-corrected chi connectivity index (χ2v) is 3.30. The van der Waals surface area contributed by atoms with Gasteiger partial charge in [-0.2, -0.15) is 5.26 Å². The van der Waals surface area contributed by atoms with Crippen LogP contribution in [0.4, 0.5) is 0 Å². The van der Waals surface area contributed by atoms with Crippen molar-refractivity contribution in [1.82, 2.24) is 9.97 Å². The summed E-state index contributed by atoms with van der Waals surface area (Å²) in [6, 6.07) is 5.46. The van der Waals surface area contributed by atoms with Crippen molar-refractivity contribution in [1.29, 1.82) is 5.26 Å². The van der Waals surface area contributed by atoms with E-state index in [2.05, 4.69) is 14.7 Å².